The van der Waals surface area contributed by atoms with Crippen molar-refractivity contribution >= 4 is 35.5 Å². The van der Waals surface area contributed by atoms with Gasteiger partial charge in [0.1, 0.15) is 11.6 Å². The molecule has 3 N–H and O–H groups in total. The average Bonchev–Trinajstić information content (AvgIpc) is 2.12. The number of imide groups is 1. The lowest BCUT2D eigenvalue weighted by atomic mass is 10.3. The molecule has 0 heterocycles. The van der Waals surface area contributed by atoms with E-state index in [4.69, 9.17) is 11.0 Å². The maximum atomic E-state index is 11.2. The summed E-state index contributed by atoms with van der Waals surface area (Å²) in [6.07, 6.45) is 3.47. The number of carbonyl (C=O) groups excluding carboxylic acids is 2. The number of carbonyl (C=O) groups is 2. The van der Waals surface area contributed by atoms with Crippen LogP contribution in [0.1, 0.15) is 0 Å². The van der Waals surface area contributed by atoms with E-state index in [1.807, 2.05) is 5.32 Å². The van der Waals surface area contributed by atoms with Gasteiger partial charge in [-0.05, 0) is 12.5 Å². The summed E-state index contributed by atoms with van der Waals surface area (Å²) in [5, 5.41) is 10.5. The van der Waals surface area contributed by atoms with E-state index in [1.54, 1.807) is 18.6 Å². The molecule has 0 aromatic rings. The van der Waals surface area contributed by atoms with Crippen LogP contribution in [0.4, 0.5) is 4.79 Å². The van der Waals surface area contributed by atoms with Gasteiger partial charge in [-0.2, -0.15) is 5.26 Å². The summed E-state index contributed by atoms with van der Waals surface area (Å²) in [5.74, 6) is -0.765. The second kappa shape index (κ2) is 6.34. The molecule has 0 saturated heterocycles. The lowest BCUT2D eigenvalue weighted by Crippen LogP contribution is -2.35. The van der Waals surface area contributed by atoms with Crippen molar-refractivity contribution in [3.63, 3.8) is 0 Å². The highest BCUT2D eigenvalue weighted by Crippen LogP contribution is 2.27. The zero-order chi connectivity index (χ0) is 11.1. The van der Waals surface area contributed by atoms with Crippen LogP contribution in [0.15, 0.2) is 9.81 Å². The van der Waals surface area contributed by atoms with Crippen molar-refractivity contribution in [2.45, 2.75) is 0 Å². The smallest absolute Gasteiger partial charge is 0.319 e. The van der Waals surface area contributed by atoms with Gasteiger partial charge in [-0.1, -0.05) is 0 Å². The Morgan fingerprint density at radius 1 is 1.36 bits per heavy atom. The number of thioether (sulfide) groups is 2. The van der Waals surface area contributed by atoms with Crippen LogP contribution in [-0.4, -0.2) is 24.4 Å². The minimum atomic E-state index is -0.968. The van der Waals surface area contributed by atoms with E-state index < -0.39 is 11.9 Å². The maximum Gasteiger partial charge on any atom is 0.319 e. The van der Waals surface area contributed by atoms with E-state index in [2.05, 4.69) is 0 Å². The zero-order valence-corrected chi connectivity index (χ0v) is 9.29. The number of nitriles is 1. The number of nitrogens with zero attached hydrogens (tertiary/aromatic N) is 1. The third kappa shape index (κ3) is 3.72. The summed E-state index contributed by atoms with van der Waals surface area (Å²) >= 11 is 2.53. The molecule has 0 rings (SSSR count). The lowest BCUT2D eigenvalue weighted by Gasteiger charge is -2.03. The molecule has 0 aliphatic carbocycles. The first-order valence-corrected chi connectivity index (χ1v) is 5.84. The van der Waals surface area contributed by atoms with Crippen LogP contribution in [0.5, 0.6) is 0 Å². The van der Waals surface area contributed by atoms with Crippen LogP contribution in [0.3, 0.4) is 0 Å². The van der Waals surface area contributed by atoms with Gasteiger partial charge in [0, 0.05) is 0 Å². The average molecular weight is 231 g/mol. The van der Waals surface area contributed by atoms with Crippen LogP contribution in [-0.2, 0) is 4.79 Å². The Kier molecular flexibility index (Phi) is 5.83. The Hall–Kier alpha value is -1.13. The van der Waals surface area contributed by atoms with Crippen LogP contribution in [0.2, 0.25) is 0 Å². The van der Waals surface area contributed by atoms with Crippen molar-refractivity contribution in [2.24, 2.45) is 5.73 Å². The van der Waals surface area contributed by atoms with Crippen LogP contribution in [0.25, 0.3) is 0 Å². The Bertz CT molecular complexity index is 313. The molecule has 0 aliphatic heterocycles. The molecule has 0 atom stereocenters. The largest absolute Gasteiger partial charge is 0.351 e. The standard InChI is InChI=1S/C7H9N3O2S2/c1-13-6(14-2)4(3-8)5(11)10-7(9)12/h1-2H3,(H3,9,10,11,12). The first-order valence-electron chi connectivity index (χ1n) is 3.40. The molecule has 0 aliphatic rings. The van der Waals surface area contributed by atoms with Gasteiger partial charge in [0.05, 0.1) is 4.24 Å². The van der Waals surface area contributed by atoms with Crippen LogP contribution in [0, 0.1) is 11.3 Å². The quantitative estimate of drug-likeness (QED) is 0.549. The molecule has 0 bridgehead atoms. The summed E-state index contributed by atoms with van der Waals surface area (Å²) in [4.78, 5) is 21.6. The molecule has 3 amide bonds. The van der Waals surface area contributed by atoms with Crippen molar-refractivity contribution in [3.8, 4) is 6.07 Å². The van der Waals surface area contributed by atoms with Crippen molar-refractivity contribution in [3.05, 3.63) is 9.81 Å². The van der Waals surface area contributed by atoms with E-state index in [0.29, 0.717) is 4.24 Å². The molecule has 0 fully saturated rings. The van der Waals surface area contributed by atoms with Crippen molar-refractivity contribution in [1.82, 2.24) is 5.32 Å². The molecule has 0 radical (unpaired) electrons. The Labute approximate surface area is 90.1 Å². The number of urea groups is 1. The second-order valence-electron chi connectivity index (χ2n) is 2.00. The fraction of sp³-hybridized carbons (Fsp3) is 0.286. The minimum Gasteiger partial charge on any atom is -0.351 e. The number of hydrogen-bond donors (Lipinski definition) is 2. The fourth-order valence-electron chi connectivity index (χ4n) is 0.651. The van der Waals surface area contributed by atoms with E-state index in [9.17, 15) is 9.59 Å². The van der Waals surface area contributed by atoms with Gasteiger partial charge in [-0.15, -0.1) is 23.5 Å². The molecule has 14 heavy (non-hydrogen) atoms. The minimum absolute atomic E-state index is 0.0937. The Morgan fingerprint density at radius 2 is 1.86 bits per heavy atom. The van der Waals surface area contributed by atoms with Gasteiger partial charge < -0.3 is 5.73 Å². The molecule has 0 spiro atoms. The molecule has 0 aromatic heterocycles. The Morgan fingerprint density at radius 3 is 2.14 bits per heavy atom. The molecule has 7 heteroatoms. The molecule has 0 unspecified atom stereocenters. The SMILES string of the molecule is CSC(SC)=C(C#N)C(=O)NC(N)=O. The highest BCUT2D eigenvalue weighted by molar-refractivity contribution is 8.21. The first-order chi connectivity index (χ1) is 6.56. The topological polar surface area (TPSA) is 96.0 Å². The number of amides is 3. The monoisotopic (exact) mass is 231 g/mol. The maximum absolute atomic E-state index is 11.2. The predicted octanol–water partition coefficient (Wildman–Crippen LogP) is 0.642. The van der Waals surface area contributed by atoms with Crippen molar-refractivity contribution < 1.29 is 9.59 Å². The molecular weight excluding hydrogens is 222 g/mol. The lowest BCUT2D eigenvalue weighted by molar-refractivity contribution is -0.116. The molecular formula is C7H9N3O2S2. The number of rotatable bonds is 3. The van der Waals surface area contributed by atoms with Crippen LogP contribution < -0.4 is 11.1 Å². The fourth-order valence-corrected chi connectivity index (χ4v) is 2.00. The molecule has 76 valence electrons. The summed E-state index contributed by atoms with van der Waals surface area (Å²) in [7, 11) is 0. The first kappa shape index (κ1) is 12.9. The molecule has 5 nitrogen and oxygen atoms in total. The number of hydrogen-bond acceptors (Lipinski definition) is 5. The molecule has 0 saturated carbocycles. The summed E-state index contributed by atoms with van der Waals surface area (Å²) < 4.78 is 0.547. The van der Waals surface area contributed by atoms with E-state index >= 15 is 0 Å². The van der Waals surface area contributed by atoms with E-state index in [1.165, 1.54) is 23.5 Å². The number of nitrogens with two attached hydrogens (primary N) is 1. The van der Waals surface area contributed by atoms with Gasteiger partial charge >= 0.3 is 6.03 Å². The summed E-state index contributed by atoms with van der Waals surface area (Å²) in [5.41, 5.74) is 4.66. The summed E-state index contributed by atoms with van der Waals surface area (Å²) in [6, 6.07) is 0.759. The van der Waals surface area contributed by atoms with E-state index in [-0.39, 0.29) is 5.57 Å². The Balaban J connectivity index is 4.90. The van der Waals surface area contributed by atoms with Gasteiger partial charge in [-0.3, -0.25) is 10.1 Å². The zero-order valence-electron chi connectivity index (χ0n) is 7.66. The van der Waals surface area contributed by atoms with Crippen LogP contribution >= 0.6 is 23.5 Å². The number of primary amides is 1. The summed E-state index contributed by atoms with van der Waals surface area (Å²) in [6.45, 7) is 0. The third-order valence-electron chi connectivity index (χ3n) is 1.15. The predicted molar refractivity (Wildman–Crippen MR) is 57.4 cm³/mol. The van der Waals surface area contributed by atoms with Gasteiger partial charge in [0.25, 0.3) is 5.91 Å². The van der Waals surface area contributed by atoms with E-state index in [0.717, 1.165) is 0 Å². The normalized spacial score (nSPS) is 8.64. The molecule has 0 aromatic carbocycles. The highest BCUT2D eigenvalue weighted by Gasteiger charge is 2.15. The second-order valence-corrected chi connectivity index (χ2v) is 3.89. The van der Waals surface area contributed by atoms with Gasteiger partial charge in [-0.25, -0.2) is 4.79 Å². The van der Waals surface area contributed by atoms with Crippen molar-refractivity contribution in [2.75, 3.05) is 12.5 Å². The van der Waals surface area contributed by atoms with Gasteiger partial charge in [0.2, 0.25) is 0 Å². The number of nitrogens with one attached hydrogen (secondary N) is 1. The highest BCUT2D eigenvalue weighted by atomic mass is 32.2. The van der Waals surface area contributed by atoms with Crippen molar-refractivity contribution in [1.29, 1.82) is 5.26 Å². The third-order valence-corrected chi connectivity index (χ3v) is 3.30. The van der Waals surface area contributed by atoms with Gasteiger partial charge in [0.15, 0.2) is 0 Å².